The van der Waals surface area contributed by atoms with Crippen LogP contribution in [-0.4, -0.2) is 23.1 Å². The average Bonchev–Trinajstić information content (AvgIpc) is 2.88. The third-order valence-electron chi connectivity index (χ3n) is 4.35. The van der Waals surface area contributed by atoms with Gasteiger partial charge in [0.05, 0.1) is 18.2 Å². The van der Waals surface area contributed by atoms with Crippen molar-refractivity contribution < 1.29 is 4.74 Å². The first-order chi connectivity index (χ1) is 8.91. The van der Waals surface area contributed by atoms with Crippen LogP contribution in [0.15, 0.2) is 11.6 Å². The SMILES string of the molecule is c1nscc1C1NCCOC12CCCCCCC2. The smallest absolute Gasteiger partial charge is 0.0877 e. The molecule has 2 heterocycles. The van der Waals surface area contributed by atoms with Crippen molar-refractivity contribution in [3.05, 3.63) is 17.1 Å². The standard InChI is InChI=1S/C14H22N2OS/c1-2-4-6-14(7-5-3-1)13(15-8-9-17-14)12-10-16-18-11-12/h10-11,13,15H,1-9H2. The summed E-state index contributed by atoms with van der Waals surface area (Å²) >= 11 is 1.54. The Kier molecular flexibility index (Phi) is 3.97. The summed E-state index contributed by atoms with van der Waals surface area (Å²) in [4.78, 5) is 0. The molecule has 2 fully saturated rings. The molecule has 0 aromatic carbocycles. The average molecular weight is 266 g/mol. The van der Waals surface area contributed by atoms with Gasteiger partial charge in [-0.2, -0.15) is 0 Å². The molecule has 0 radical (unpaired) electrons. The van der Waals surface area contributed by atoms with Crippen LogP contribution in [0.5, 0.6) is 0 Å². The molecule has 1 unspecified atom stereocenters. The minimum absolute atomic E-state index is 0.0292. The summed E-state index contributed by atoms with van der Waals surface area (Å²) in [6, 6.07) is 0.350. The van der Waals surface area contributed by atoms with Crippen LogP contribution in [0.4, 0.5) is 0 Å². The summed E-state index contributed by atoms with van der Waals surface area (Å²) in [5, 5.41) is 5.85. The number of nitrogens with zero attached hydrogens (tertiary/aromatic N) is 1. The van der Waals surface area contributed by atoms with Crippen molar-refractivity contribution in [3.63, 3.8) is 0 Å². The third-order valence-corrected chi connectivity index (χ3v) is 4.96. The second-order valence-corrected chi connectivity index (χ2v) is 6.18. The highest BCUT2D eigenvalue weighted by atomic mass is 32.1. The van der Waals surface area contributed by atoms with Gasteiger partial charge in [0, 0.05) is 23.7 Å². The monoisotopic (exact) mass is 266 g/mol. The lowest BCUT2D eigenvalue weighted by Crippen LogP contribution is -2.52. The van der Waals surface area contributed by atoms with Crippen LogP contribution in [0, 0.1) is 0 Å². The normalized spacial score (nSPS) is 28.8. The van der Waals surface area contributed by atoms with Gasteiger partial charge in [0.25, 0.3) is 0 Å². The number of aromatic nitrogens is 1. The summed E-state index contributed by atoms with van der Waals surface area (Å²) in [7, 11) is 0. The van der Waals surface area contributed by atoms with Crippen molar-refractivity contribution in [1.29, 1.82) is 0 Å². The van der Waals surface area contributed by atoms with Crippen LogP contribution in [0.2, 0.25) is 0 Å². The first-order valence-corrected chi connectivity index (χ1v) is 8.01. The quantitative estimate of drug-likeness (QED) is 0.847. The number of hydrogen-bond acceptors (Lipinski definition) is 4. The Bertz CT molecular complexity index is 358. The molecule has 1 saturated carbocycles. The number of morpholine rings is 1. The molecule has 1 aliphatic carbocycles. The van der Waals surface area contributed by atoms with E-state index in [1.807, 2.05) is 6.20 Å². The Labute approximate surface area is 113 Å². The molecule has 1 aliphatic heterocycles. The molecule has 1 saturated heterocycles. The van der Waals surface area contributed by atoms with Gasteiger partial charge < -0.3 is 10.1 Å². The van der Waals surface area contributed by atoms with Gasteiger partial charge in [-0.1, -0.05) is 32.1 Å². The van der Waals surface area contributed by atoms with Crippen LogP contribution < -0.4 is 5.32 Å². The van der Waals surface area contributed by atoms with Crippen molar-refractivity contribution in [2.24, 2.45) is 0 Å². The van der Waals surface area contributed by atoms with E-state index in [9.17, 15) is 0 Å². The molecule has 1 spiro atoms. The highest BCUT2D eigenvalue weighted by molar-refractivity contribution is 7.03. The zero-order valence-electron chi connectivity index (χ0n) is 10.9. The lowest BCUT2D eigenvalue weighted by atomic mass is 9.78. The molecule has 2 aliphatic rings. The van der Waals surface area contributed by atoms with E-state index >= 15 is 0 Å². The highest BCUT2D eigenvalue weighted by Gasteiger charge is 2.42. The van der Waals surface area contributed by atoms with E-state index < -0.39 is 0 Å². The van der Waals surface area contributed by atoms with E-state index in [0.717, 1.165) is 13.2 Å². The van der Waals surface area contributed by atoms with Crippen molar-refractivity contribution in [3.8, 4) is 0 Å². The van der Waals surface area contributed by atoms with Crippen LogP contribution in [0.3, 0.4) is 0 Å². The predicted octanol–water partition coefficient (Wildman–Crippen LogP) is 3.29. The lowest BCUT2D eigenvalue weighted by Gasteiger charge is -2.45. The van der Waals surface area contributed by atoms with E-state index in [2.05, 4.69) is 15.1 Å². The molecule has 3 nitrogen and oxygen atoms in total. The van der Waals surface area contributed by atoms with Crippen molar-refractivity contribution in [2.75, 3.05) is 13.2 Å². The number of rotatable bonds is 1. The van der Waals surface area contributed by atoms with Gasteiger partial charge in [0.2, 0.25) is 0 Å². The van der Waals surface area contributed by atoms with E-state index in [4.69, 9.17) is 4.74 Å². The minimum atomic E-state index is 0.0292. The number of ether oxygens (including phenoxy) is 1. The molecule has 4 heteroatoms. The lowest BCUT2D eigenvalue weighted by molar-refractivity contribution is -0.113. The molecule has 1 aromatic rings. The van der Waals surface area contributed by atoms with Crippen LogP contribution in [0.25, 0.3) is 0 Å². The summed E-state index contributed by atoms with van der Waals surface area (Å²) in [5.74, 6) is 0. The van der Waals surface area contributed by atoms with Crippen LogP contribution in [-0.2, 0) is 4.74 Å². The van der Waals surface area contributed by atoms with Gasteiger partial charge in [-0.15, -0.1) is 0 Å². The van der Waals surface area contributed by atoms with Gasteiger partial charge in [-0.3, -0.25) is 0 Å². The molecule has 0 amide bonds. The summed E-state index contributed by atoms with van der Waals surface area (Å²) in [6.07, 6.45) is 11.1. The predicted molar refractivity (Wildman–Crippen MR) is 73.9 cm³/mol. The second kappa shape index (κ2) is 5.68. The molecule has 1 atom stereocenters. The topological polar surface area (TPSA) is 34.2 Å². The molecule has 1 aromatic heterocycles. The first-order valence-electron chi connectivity index (χ1n) is 7.17. The van der Waals surface area contributed by atoms with Gasteiger partial charge in [-0.25, -0.2) is 4.37 Å². The maximum Gasteiger partial charge on any atom is 0.0877 e. The zero-order chi connectivity index (χ0) is 12.3. The Hall–Kier alpha value is -0.450. The van der Waals surface area contributed by atoms with Crippen molar-refractivity contribution in [1.82, 2.24) is 9.69 Å². The summed E-state index contributed by atoms with van der Waals surface area (Å²) in [6.45, 7) is 1.82. The van der Waals surface area contributed by atoms with E-state index in [1.54, 1.807) is 11.5 Å². The Morgan fingerprint density at radius 2 is 2.00 bits per heavy atom. The van der Waals surface area contributed by atoms with Crippen molar-refractivity contribution in [2.45, 2.75) is 56.6 Å². The molecular formula is C14H22N2OS. The Morgan fingerprint density at radius 1 is 1.22 bits per heavy atom. The molecule has 3 rings (SSSR count). The maximum absolute atomic E-state index is 6.29. The van der Waals surface area contributed by atoms with E-state index in [1.165, 1.54) is 50.5 Å². The summed E-state index contributed by atoms with van der Waals surface area (Å²) < 4.78 is 10.6. The Balaban J connectivity index is 1.84. The number of nitrogens with one attached hydrogen (secondary N) is 1. The van der Waals surface area contributed by atoms with Crippen LogP contribution in [0.1, 0.15) is 56.6 Å². The molecular weight excluding hydrogens is 244 g/mol. The fraction of sp³-hybridized carbons (Fsp3) is 0.786. The highest BCUT2D eigenvalue weighted by Crippen LogP contribution is 2.41. The van der Waals surface area contributed by atoms with Gasteiger partial charge >= 0.3 is 0 Å². The fourth-order valence-corrected chi connectivity index (χ4v) is 4.00. The van der Waals surface area contributed by atoms with E-state index in [-0.39, 0.29) is 5.60 Å². The fourth-order valence-electron chi connectivity index (χ4n) is 3.44. The Morgan fingerprint density at radius 3 is 2.72 bits per heavy atom. The number of hydrogen-bond donors (Lipinski definition) is 1. The van der Waals surface area contributed by atoms with Gasteiger partial charge in [0.1, 0.15) is 0 Å². The van der Waals surface area contributed by atoms with Gasteiger partial charge in [-0.05, 0) is 24.4 Å². The molecule has 100 valence electrons. The molecule has 1 N–H and O–H groups in total. The third kappa shape index (κ3) is 2.46. The largest absolute Gasteiger partial charge is 0.372 e. The van der Waals surface area contributed by atoms with Crippen molar-refractivity contribution >= 4 is 11.5 Å². The van der Waals surface area contributed by atoms with Gasteiger partial charge in [0.15, 0.2) is 0 Å². The van der Waals surface area contributed by atoms with Crippen LogP contribution >= 0.6 is 11.5 Å². The molecule has 0 bridgehead atoms. The first kappa shape index (κ1) is 12.6. The molecule has 18 heavy (non-hydrogen) atoms. The second-order valence-electron chi connectivity index (χ2n) is 5.53. The zero-order valence-corrected chi connectivity index (χ0v) is 11.7. The van der Waals surface area contributed by atoms with E-state index in [0.29, 0.717) is 6.04 Å². The maximum atomic E-state index is 6.29. The summed E-state index contributed by atoms with van der Waals surface area (Å²) in [5.41, 5.74) is 1.35. The minimum Gasteiger partial charge on any atom is -0.372 e.